The lowest BCUT2D eigenvalue weighted by molar-refractivity contribution is -0.131. The van der Waals surface area contributed by atoms with E-state index in [-0.39, 0.29) is 23.3 Å². The highest BCUT2D eigenvalue weighted by atomic mass is 32.2. The fourth-order valence-corrected chi connectivity index (χ4v) is 4.01. The van der Waals surface area contributed by atoms with Crippen LogP contribution in [0.2, 0.25) is 0 Å². The molecule has 3 rings (SSSR count). The van der Waals surface area contributed by atoms with E-state index in [0.717, 1.165) is 11.4 Å². The predicted molar refractivity (Wildman–Crippen MR) is 87.3 cm³/mol. The third-order valence-corrected chi connectivity index (χ3v) is 5.49. The molecule has 130 valence electrons. The average Bonchev–Trinajstić information content (AvgIpc) is 3.18. The fraction of sp³-hybridized carbons (Fsp3) is 0.533. The summed E-state index contributed by atoms with van der Waals surface area (Å²) in [6.45, 7) is 5.11. The van der Waals surface area contributed by atoms with Gasteiger partial charge in [0.25, 0.3) is 0 Å². The molecule has 1 amide bonds. The maximum Gasteiger partial charge on any atom is 0.244 e. The van der Waals surface area contributed by atoms with Crippen LogP contribution >= 0.6 is 0 Å². The Labute approximate surface area is 140 Å². The van der Waals surface area contributed by atoms with Crippen molar-refractivity contribution in [3.63, 3.8) is 0 Å². The minimum atomic E-state index is -3.33. The van der Waals surface area contributed by atoms with Crippen LogP contribution in [-0.4, -0.2) is 58.5 Å². The standard InChI is InChI=1S/C15H21N5O3S/c1-10-6-11(2)20(18-10)9-14(21)19-5-4-12(8-19)15-13(7-16-17-15)24(3,22)23/h6-7,12H,4-5,8-9H2,1-3H3,(H,16,17)/t12-/m0/s1. The highest BCUT2D eigenvalue weighted by Gasteiger charge is 2.32. The van der Waals surface area contributed by atoms with E-state index in [1.807, 2.05) is 19.9 Å². The van der Waals surface area contributed by atoms with Crippen molar-refractivity contribution in [1.29, 1.82) is 0 Å². The Morgan fingerprint density at radius 2 is 2.17 bits per heavy atom. The summed E-state index contributed by atoms with van der Waals surface area (Å²) < 4.78 is 25.3. The number of hydrogen-bond donors (Lipinski definition) is 1. The van der Waals surface area contributed by atoms with Gasteiger partial charge in [-0.15, -0.1) is 0 Å². The van der Waals surface area contributed by atoms with E-state index in [1.54, 1.807) is 9.58 Å². The molecule has 0 saturated carbocycles. The molecular formula is C15H21N5O3S. The number of aryl methyl sites for hydroxylation is 2. The molecule has 2 aromatic rings. The van der Waals surface area contributed by atoms with Gasteiger partial charge in [-0.05, 0) is 26.3 Å². The molecule has 8 nitrogen and oxygen atoms in total. The van der Waals surface area contributed by atoms with Gasteiger partial charge >= 0.3 is 0 Å². The summed E-state index contributed by atoms with van der Waals surface area (Å²) in [4.78, 5) is 14.5. The molecule has 0 bridgehead atoms. The molecule has 1 saturated heterocycles. The zero-order valence-corrected chi connectivity index (χ0v) is 14.8. The number of rotatable bonds is 4. The smallest absolute Gasteiger partial charge is 0.244 e. The van der Waals surface area contributed by atoms with Crippen LogP contribution in [0.1, 0.15) is 29.4 Å². The zero-order valence-electron chi connectivity index (χ0n) is 14.0. The molecule has 0 aromatic carbocycles. The molecule has 9 heteroatoms. The molecule has 0 unspecified atom stereocenters. The molecule has 1 fully saturated rings. The van der Waals surface area contributed by atoms with Crippen LogP contribution in [0.5, 0.6) is 0 Å². The van der Waals surface area contributed by atoms with Crippen molar-refractivity contribution in [2.24, 2.45) is 0 Å². The Balaban J connectivity index is 1.71. The van der Waals surface area contributed by atoms with Gasteiger partial charge in [0.1, 0.15) is 11.4 Å². The van der Waals surface area contributed by atoms with Crippen LogP contribution in [0, 0.1) is 13.8 Å². The Hall–Kier alpha value is -2.16. The quantitative estimate of drug-likeness (QED) is 0.871. The van der Waals surface area contributed by atoms with Crippen LogP contribution in [0.4, 0.5) is 0 Å². The SMILES string of the molecule is Cc1cc(C)n(CC(=O)N2CC[C@H](c3[nH]ncc3S(C)(=O)=O)C2)n1. The first-order valence-corrected chi connectivity index (χ1v) is 9.67. The summed E-state index contributed by atoms with van der Waals surface area (Å²) in [6, 6.07) is 1.93. The third-order valence-electron chi connectivity index (χ3n) is 4.37. The van der Waals surface area contributed by atoms with Gasteiger partial charge in [-0.3, -0.25) is 14.6 Å². The number of carbonyl (C=O) groups is 1. The minimum Gasteiger partial charge on any atom is -0.340 e. The topological polar surface area (TPSA) is 101 Å². The molecule has 0 radical (unpaired) electrons. The monoisotopic (exact) mass is 351 g/mol. The van der Waals surface area contributed by atoms with Crippen LogP contribution in [0.25, 0.3) is 0 Å². The van der Waals surface area contributed by atoms with E-state index in [1.165, 1.54) is 12.5 Å². The van der Waals surface area contributed by atoms with Crippen LogP contribution < -0.4 is 0 Å². The first kappa shape index (κ1) is 16.7. The van der Waals surface area contributed by atoms with Gasteiger partial charge < -0.3 is 4.90 Å². The molecule has 3 heterocycles. The van der Waals surface area contributed by atoms with Crippen molar-refractivity contribution in [2.75, 3.05) is 19.3 Å². The molecular weight excluding hydrogens is 330 g/mol. The van der Waals surface area contributed by atoms with Crippen LogP contribution in [0.3, 0.4) is 0 Å². The molecule has 0 aliphatic carbocycles. The van der Waals surface area contributed by atoms with Gasteiger partial charge in [0.2, 0.25) is 5.91 Å². The first-order valence-electron chi connectivity index (χ1n) is 7.78. The van der Waals surface area contributed by atoms with Gasteiger partial charge in [0.05, 0.1) is 17.6 Å². The second-order valence-electron chi connectivity index (χ2n) is 6.33. The number of H-pyrrole nitrogens is 1. The Bertz CT molecular complexity index is 868. The second-order valence-corrected chi connectivity index (χ2v) is 8.31. The molecule has 1 N–H and O–H groups in total. The van der Waals surface area contributed by atoms with E-state index in [4.69, 9.17) is 0 Å². The number of hydrogen-bond acceptors (Lipinski definition) is 5. The summed E-state index contributed by atoms with van der Waals surface area (Å²) in [7, 11) is -3.33. The van der Waals surface area contributed by atoms with Crippen LogP contribution in [0.15, 0.2) is 17.2 Å². The van der Waals surface area contributed by atoms with Crippen molar-refractivity contribution in [1.82, 2.24) is 24.9 Å². The lowest BCUT2D eigenvalue weighted by Gasteiger charge is -2.17. The minimum absolute atomic E-state index is 0.0101. The van der Waals surface area contributed by atoms with Gasteiger partial charge in [-0.1, -0.05) is 0 Å². The molecule has 1 aliphatic heterocycles. The van der Waals surface area contributed by atoms with E-state index in [9.17, 15) is 13.2 Å². The Kier molecular flexibility index (Phi) is 4.20. The van der Waals surface area contributed by atoms with Crippen molar-refractivity contribution < 1.29 is 13.2 Å². The van der Waals surface area contributed by atoms with E-state index >= 15 is 0 Å². The maximum absolute atomic E-state index is 12.5. The number of carbonyl (C=O) groups excluding carboxylic acids is 1. The summed E-state index contributed by atoms with van der Waals surface area (Å²) in [5.74, 6) is -0.0502. The summed E-state index contributed by atoms with van der Waals surface area (Å²) in [6.07, 6.45) is 3.22. The molecule has 24 heavy (non-hydrogen) atoms. The summed E-state index contributed by atoms with van der Waals surface area (Å²) in [5.41, 5.74) is 2.43. The maximum atomic E-state index is 12.5. The average molecular weight is 351 g/mol. The number of amides is 1. The van der Waals surface area contributed by atoms with Gasteiger partial charge in [0.15, 0.2) is 9.84 Å². The van der Waals surface area contributed by atoms with E-state index in [2.05, 4.69) is 15.3 Å². The lowest BCUT2D eigenvalue weighted by Crippen LogP contribution is -2.32. The zero-order chi connectivity index (χ0) is 17.5. The number of aromatic nitrogens is 4. The second kappa shape index (κ2) is 6.04. The van der Waals surface area contributed by atoms with Crippen LogP contribution in [-0.2, 0) is 21.2 Å². The number of sulfone groups is 1. The van der Waals surface area contributed by atoms with Crippen molar-refractivity contribution in [3.8, 4) is 0 Å². The van der Waals surface area contributed by atoms with E-state index < -0.39 is 9.84 Å². The predicted octanol–water partition coefficient (Wildman–Crippen LogP) is 0.643. The van der Waals surface area contributed by atoms with Gasteiger partial charge in [-0.2, -0.15) is 10.2 Å². The number of likely N-dealkylation sites (tertiary alicyclic amines) is 1. The first-order chi connectivity index (χ1) is 11.3. The molecule has 1 aliphatic rings. The molecule has 0 spiro atoms. The van der Waals surface area contributed by atoms with Crippen molar-refractivity contribution >= 4 is 15.7 Å². The third kappa shape index (κ3) is 3.21. The number of nitrogens with zero attached hydrogens (tertiary/aromatic N) is 4. The van der Waals surface area contributed by atoms with E-state index in [0.29, 0.717) is 25.2 Å². The fourth-order valence-electron chi connectivity index (χ4n) is 3.16. The van der Waals surface area contributed by atoms with Gasteiger partial charge in [-0.25, -0.2) is 8.42 Å². The largest absolute Gasteiger partial charge is 0.340 e. The molecule has 2 aromatic heterocycles. The highest BCUT2D eigenvalue weighted by molar-refractivity contribution is 7.90. The Morgan fingerprint density at radius 3 is 2.79 bits per heavy atom. The lowest BCUT2D eigenvalue weighted by atomic mass is 10.1. The van der Waals surface area contributed by atoms with Gasteiger partial charge in [0, 0.05) is 31.0 Å². The Morgan fingerprint density at radius 1 is 1.42 bits per heavy atom. The molecule has 1 atom stereocenters. The van der Waals surface area contributed by atoms with Crippen molar-refractivity contribution in [3.05, 3.63) is 29.3 Å². The number of aromatic amines is 1. The summed E-state index contributed by atoms with van der Waals surface area (Å²) >= 11 is 0. The van der Waals surface area contributed by atoms with Crippen molar-refractivity contribution in [2.45, 2.75) is 37.6 Å². The number of nitrogens with one attached hydrogen (secondary N) is 1. The summed E-state index contributed by atoms with van der Waals surface area (Å²) in [5, 5.41) is 11.0. The highest BCUT2D eigenvalue weighted by Crippen LogP contribution is 2.30. The normalized spacial score (nSPS) is 18.3.